The van der Waals surface area contributed by atoms with E-state index in [1.807, 2.05) is 6.08 Å². The summed E-state index contributed by atoms with van der Waals surface area (Å²) in [5.74, 6) is 0.862. The highest BCUT2D eigenvalue weighted by atomic mass is 16.4. The topological polar surface area (TPSA) is 57.5 Å². The van der Waals surface area contributed by atoms with E-state index in [1.54, 1.807) is 0 Å². The highest BCUT2D eigenvalue weighted by molar-refractivity contribution is 5.78. The van der Waals surface area contributed by atoms with E-state index in [2.05, 4.69) is 48.1 Å². The second-order valence-electron chi connectivity index (χ2n) is 9.49. The number of hydrogen-bond donors (Lipinski definition) is 2. The third-order valence-electron chi connectivity index (χ3n) is 7.93. The number of carbonyl (C=O) groups is 1. The number of carboxylic acids is 1. The third kappa shape index (κ3) is 2.16. The maximum absolute atomic E-state index is 12.8. The Hall–Kier alpha value is -0.830. The fourth-order valence-electron chi connectivity index (χ4n) is 6.71. The zero-order chi connectivity index (χ0) is 18.5. The van der Waals surface area contributed by atoms with Crippen molar-refractivity contribution < 1.29 is 15.0 Å². The fourth-order valence-corrected chi connectivity index (χ4v) is 6.71. The lowest BCUT2D eigenvalue weighted by atomic mass is 9.42. The molecule has 3 heteroatoms. The summed E-state index contributed by atoms with van der Waals surface area (Å²) >= 11 is 0. The molecule has 3 nitrogen and oxygen atoms in total. The minimum Gasteiger partial charge on any atom is -0.481 e. The fraction of sp³-hybridized carbons (Fsp3) is 0.857. The molecule has 0 amide bonds. The Labute approximate surface area is 147 Å². The first-order valence-electron chi connectivity index (χ1n) is 9.51. The molecular weight excluding hydrogens is 300 g/mol. The van der Waals surface area contributed by atoms with Gasteiger partial charge in [0.15, 0.2) is 0 Å². The van der Waals surface area contributed by atoms with Gasteiger partial charge in [-0.3, -0.25) is 4.79 Å². The van der Waals surface area contributed by atoms with E-state index in [1.165, 1.54) is 0 Å². The first-order valence-corrected chi connectivity index (χ1v) is 9.51. The van der Waals surface area contributed by atoms with Crippen molar-refractivity contribution >= 4 is 5.97 Å². The first kappa shape index (κ1) is 19.5. The van der Waals surface area contributed by atoms with Crippen molar-refractivity contribution in [2.24, 2.45) is 45.8 Å². The molecule has 2 N–H and O–H groups in total. The van der Waals surface area contributed by atoms with Gasteiger partial charge in [-0.25, -0.2) is 0 Å². The largest absolute Gasteiger partial charge is 0.481 e. The smallest absolute Gasteiger partial charge is 0.310 e. The van der Waals surface area contributed by atoms with Crippen LogP contribution in [0.5, 0.6) is 0 Å². The van der Waals surface area contributed by atoms with Crippen LogP contribution in [0.3, 0.4) is 0 Å². The molecule has 0 aromatic carbocycles. The van der Waals surface area contributed by atoms with Gasteiger partial charge in [-0.05, 0) is 54.3 Å². The number of aliphatic hydroxyl groups excluding tert-OH is 1. The maximum Gasteiger partial charge on any atom is 0.310 e. The van der Waals surface area contributed by atoms with Crippen LogP contribution in [0.2, 0.25) is 0 Å². The van der Waals surface area contributed by atoms with Gasteiger partial charge in [-0.15, -0.1) is 6.58 Å². The molecule has 24 heavy (non-hydrogen) atoms. The average molecular weight is 337 g/mol. The van der Waals surface area contributed by atoms with Crippen molar-refractivity contribution in [2.45, 2.75) is 60.8 Å². The molecule has 0 aromatic heterocycles. The van der Waals surface area contributed by atoms with Crippen LogP contribution >= 0.6 is 0 Å². The van der Waals surface area contributed by atoms with Crippen molar-refractivity contribution in [1.82, 2.24) is 0 Å². The monoisotopic (exact) mass is 336 g/mol. The summed E-state index contributed by atoms with van der Waals surface area (Å²) in [6, 6.07) is 0. The van der Waals surface area contributed by atoms with Gasteiger partial charge in [0, 0.05) is 5.41 Å². The first-order chi connectivity index (χ1) is 11.0. The third-order valence-corrected chi connectivity index (χ3v) is 7.93. The average Bonchev–Trinajstić information content (AvgIpc) is 2.64. The van der Waals surface area contributed by atoms with Crippen molar-refractivity contribution in [3.63, 3.8) is 0 Å². The number of aliphatic hydroxyl groups is 1. The Morgan fingerprint density at radius 2 is 1.88 bits per heavy atom. The van der Waals surface area contributed by atoms with Crippen LogP contribution in [0, 0.1) is 45.8 Å². The quantitative estimate of drug-likeness (QED) is 0.697. The summed E-state index contributed by atoms with van der Waals surface area (Å²) < 4.78 is 0. The standard InChI is InChI=1S/C21H36O3/c1-8-16-10-19(7)15(6)17(14(4)5)11-20(16,12-22)21(19,18(23)24)9-13(2)3/h8,13-17,22H,1,9-12H2,2-7H3,(H,23,24)/t15?,16?,17?,19?,20-,21?/m1/s1. The summed E-state index contributed by atoms with van der Waals surface area (Å²) in [6.07, 6.45) is 4.15. The number of rotatable bonds is 6. The van der Waals surface area contributed by atoms with Crippen LogP contribution < -0.4 is 0 Å². The van der Waals surface area contributed by atoms with Crippen LogP contribution in [-0.2, 0) is 4.79 Å². The summed E-state index contributed by atoms with van der Waals surface area (Å²) in [4.78, 5) is 12.8. The minimum atomic E-state index is -0.882. The number of allylic oxidation sites excluding steroid dienone is 1. The zero-order valence-electron chi connectivity index (χ0n) is 16.3. The van der Waals surface area contributed by atoms with Crippen LogP contribution in [0.1, 0.15) is 60.8 Å². The van der Waals surface area contributed by atoms with E-state index in [9.17, 15) is 15.0 Å². The van der Waals surface area contributed by atoms with Gasteiger partial charge < -0.3 is 10.2 Å². The maximum atomic E-state index is 12.8. The molecule has 0 aliphatic heterocycles. The van der Waals surface area contributed by atoms with E-state index >= 15 is 0 Å². The number of hydrogen-bond acceptors (Lipinski definition) is 2. The molecule has 2 saturated carbocycles. The molecule has 138 valence electrons. The van der Waals surface area contributed by atoms with Crippen LogP contribution in [0.15, 0.2) is 12.7 Å². The van der Waals surface area contributed by atoms with Crippen LogP contribution in [-0.4, -0.2) is 22.8 Å². The molecule has 2 aliphatic carbocycles. The van der Waals surface area contributed by atoms with Crippen LogP contribution in [0.4, 0.5) is 0 Å². The SMILES string of the molecule is C=CC1CC2(C)C(C)C(C(C)C)C[C@]1(CO)C2(CC(C)C)C(=O)O. The molecule has 0 saturated heterocycles. The molecule has 2 rings (SSSR count). The van der Waals surface area contributed by atoms with Crippen molar-refractivity contribution in [2.75, 3.05) is 6.61 Å². The Morgan fingerprint density at radius 1 is 1.29 bits per heavy atom. The van der Waals surface area contributed by atoms with Gasteiger partial charge >= 0.3 is 5.97 Å². The lowest BCUT2D eigenvalue weighted by molar-refractivity contribution is -0.200. The zero-order valence-corrected chi connectivity index (χ0v) is 16.3. The van der Waals surface area contributed by atoms with Gasteiger partial charge in [0.05, 0.1) is 12.0 Å². The van der Waals surface area contributed by atoms with E-state index in [0.717, 1.165) is 12.8 Å². The number of carboxylic acid groups (broad SMARTS) is 1. The Bertz CT molecular complexity index is 511. The lowest BCUT2D eigenvalue weighted by Crippen LogP contribution is -2.62. The molecular formula is C21H36O3. The van der Waals surface area contributed by atoms with Gasteiger partial charge in [0.25, 0.3) is 0 Å². The normalized spacial score (nSPS) is 45.0. The number of aliphatic carboxylic acids is 1. The van der Waals surface area contributed by atoms with E-state index in [4.69, 9.17) is 0 Å². The molecule has 0 spiro atoms. The highest BCUT2D eigenvalue weighted by Gasteiger charge is 2.77. The predicted octanol–water partition coefficient (Wildman–Crippen LogP) is 4.61. The molecule has 2 fully saturated rings. The van der Waals surface area contributed by atoms with E-state index in [-0.39, 0.29) is 23.9 Å². The van der Waals surface area contributed by atoms with Crippen molar-refractivity contribution in [1.29, 1.82) is 0 Å². The molecule has 0 radical (unpaired) electrons. The highest BCUT2D eigenvalue weighted by Crippen LogP contribution is 2.76. The van der Waals surface area contributed by atoms with E-state index in [0.29, 0.717) is 24.2 Å². The summed E-state index contributed by atoms with van der Waals surface area (Å²) in [7, 11) is 0. The van der Waals surface area contributed by atoms with Gasteiger partial charge in [0.2, 0.25) is 0 Å². The summed E-state index contributed by atoms with van der Waals surface area (Å²) in [5, 5.41) is 21.0. The molecule has 6 atom stereocenters. The van der Waals surface area contributed by atoms with Crippen molar-refractivity contribution in [3.8, 4) is 0 Å². The molecule has 2 bridgehead atoms. The summed E-state index contributed by atoms with van der Waals surface area (Å²) in [5.41, 5.74) is -1.80. The van der Waals surface area contributed by atoms with Crippen molar-refractivity contribution in [3.05, 3.63) is 12.7 Å². The summed E-state index contributed by atoms with van der Waals surface area (Å²) in [6.45, 7) is 17.0. The Kier molecular flexibility index (Phi) is 5.00. The second kappa shape index (κ2) is 6.16. The van der Waals surface area contributed by atoms with Crippen LogP contribution in [0.25, 0.3) is 0 Å². The molecule has 5 unspecified atom stereocenters. The van der Waals surface area contributed by atoms with E-state index < -0.39 is 16.8 Å². The molecule has 2 aliphatic rings. The van der Waals surface area contributed by atoms with Gasteiger partial charge in [0.1, 0.15) is 0 Å². The van der Waals surface area contributed by atoms with Gasteiger partial charge in [-0.1, -0.05) is 47.6 Å². The Balaban J connectivity index is 2.77. The Morgan fingerprint density at radius 3 is 2.25 bits per heavy atom. The van der Waals surface area contributed by atoms with Gasteiger partial charge in [-0.2, -0.15) is 0 Å². The second-order valence-corrected chi connectivity index (χ2v) is 9.49. The molecule has 0 aromatic rings. The predicted molar refractivity (Wildman–Crippen MR) is 97.6 cm³/mol. The minimum absolute atomic E-state index is 0.0613. The lowest BCUT2D eigenvalue weighted by Gasteiger charge is -2.60. The molecule has 0 heterocycles. The number of fused-ring (bicyclic) bond motifs is 2.